The van der Waals surface area contributed by atoms with E-state index in [0.29, 0.717) is 0 Å². The van der Waals surface area contributed by atoms with Crippen LogP contribution in [0.5, 0.6) is 0 Å². The highest BCUT2D eigenvalue weighted by Crippen LogP contribution is 2.37. The van der Waals surface area contributed by atoms with Crippen LogP contribution in [0.15, 0.2) is 48.5 Å². The van der Waals surface area contributed by atoms with Crippen LogP contribution in [0.2, 0.25) is 0 Å². The van der Waals surface area contributed by atoms with E-state index in [4.69, 9.17) is 5.11 Å². The number of fused-ring (bicyclic) bond motifs is 3. The molecule has 0 heterocycles. The molecule has 1 heteroatoms. The Hall–Kier alpha value is -1.86. The fourth-order valence-electron chi connectivity index (χ4n) is 2.65. The molecule has 3 rings (SSSR count). The number of aliphatic hydroxyl groups is 1. The zero-order valence-corrected chi connectivity index (χ0v) is 10.5. The Kier molecular flexibility index (Phi) is 2.77. The molecule has 2 aromatic carbocycles. The molecule has 0 saturated heterocycles. The number of aliphatic hydroxyl groups excluding tert-OH is 1. The smallest absolute Gasteiger partial charge is 0.0618 e. The van der Waals surface area contributed by atoms with Crippen molar-refractivity contribution in [2.24, 2.45) is 0 Å². The van der Waals surface area contributed by atoms with Gasteiger partial charge in [-0.15, -0.1) is 0 Å². The SMILES string of the molecule is C/C(=C\CO)c1ccc2c(c1)Cc1ccccc1-2. The molecule has 0 amide bonds. The monoisotopic (exact) mass is 236 g/mol. The second-order valence-corrected chi connectivity index (χ2v) is 4.78. The third kappa shape index (κ3) is 1.77. The molecule has 18 heavy (non-hydrogen) atoms. The summed E-state index contributed by atoms with van der Waals surface area (Å²) >= 11 is 0. The summed E-state index contributed by atoms with van der Waals surface area (Å²) in [7, 11) is 0. The van der Waals surface area contributed by atoms with Gasteiger partial charge in [-0.3, -0.25) is 0 Å². The Bertz CT molecular complexity index is 623. The van der Waals surface area contributed by atoms with Crippen LogP contribution >= 0.6 is 0 Å². The van der Waals surface area contributed by atoms with Gasteiger partial charge in [0.1, 0.15) is 0 Å². The van der Waals surface area contributed by atoms with E-state index in [1.54, 1.807) is 0 Å². The highest BCUT2D eigenvalue weighted by Gasteiger charge is 2.17. The highest BCUT2D eigenvalue weighted by atomic mass is 16.2. The normalized spacial score (nSPS) is 13.3. The van der Waals surface area contributed by atoms with Gasteiger partial charge in [0.25, 0.3) is 0 Å². The second-order valence-electron chi connectivity index (χ2n) is 4.78. The van der Waals surface area contributed by atoms with E-state index in [-0.39, 0.29) is 6.61 Å². The average molecular weight is 236 g/mol. The predicted molar refractivity (Wildman–Crippen MR) is 75.4 cm³/mol. The van der Waals surface area contributed by atoms with Gasteiger partial charge in [-0.05, 0) is 46.7 Å². The van der Waals surface area contributed by atoms with E-state index in [9.17, 15) is 0 Å². The van der Waals surface area contributed by atoms with Crippen LogP contribution < -0.4 is 0 Å². The third-order valence-electron chi connectivity index (χ3n) is 3.65. The maximum Gasteiger partial charge on any atom is 0.0618 e. The van der Waals surface area contributed by atoms with Crippen molar-refractivity contribution in [1.82, 2.24) is 0 Å². The number of allylic oxidation sites excluding steroid dienone is 1. The van der Waals surface area contributed by atoms with Gasteiger partial charge in [-0.2, -0.15) is 0 Å². The predicted octanol–water partition coefficient (Wildman–Crippen LogP) is 3.65. The summed E-state index contributed by atoms with van der Waals surface area (Å²) in [6.07, 6.45) is 2.87. The number of rotatable bonds is 2. The van der Waals surface area contributed by atoms with Gasteiger partial charge >= 0.3 is 0 Å². The first-order valence-corrected chi connectivity index (χ1v) is 6.29. The lowest BCUT2D eigenvalue weighted by atomic mass is 10.00. The Labute approximate surface area is 107 Å². The van der Waals surface area contributed by atoms with E-state index in [2.05, 4.69) is 42.5 Å². The van der Waals surface area contributed by atoms with Crippen LogP contribution in [0.4, 0.5) is 0 Å². The van der Waals surface area contributed by atoms with Crippen molar-refractivity contribution in [3.63, 3.8) is 0 Å². The average Bonchev–Trinajstić information content (AvgIpc) is 2.76. The Morgan fingerprint density at radius 2 is 1.89 bits per heavy atom. The maximum absolute atomic E-state index is 8.96. The van der Waals surface area contributed by atoms with Crippen molar-refractivity contribution in [3.05, 3.63) is 65.2 Å². The minimum Gasteiger partial charge on any atom is -0.392 e. The molecule has 0 fully saturated rings. The van der Waals surface area contributed by atoms with E-state index in [1.807, 2.05) is 13.0 Å². The van der Waals surface area contributed by atoms with Gasteiger partial charge in [0.15, 0.2) is 0 Å². The molecule has 0 bridgehead atoms. The molecule has 1 nitrogen and oxygen atoms in total. The first kappa shape index (κ1) is 11.2. The van der Waals surface area contributed by atoms with Crippen LogP contribution in [0.3, 0.4) is 0 Å². The van der Waals surface area contributed by atoms with Crippen molar-refractivity contribution >= 4 is 5.57 Å². The lowest BCUT2D eigenvalue weighted by Crippen LogP contribution is -1.86. The standard InChI is InChI=1S/C17H16O/c1-12(8-9-18)13-6-7-17-15(10-13)11-14-4-2-3-5-16(14)17/h2-8,10,18H,9,11H2,1H3/b12-8+. The zero-order valence-electron chi connectivity index (χ0n) is 10.5. The topological polar surface area (TPSA) is 20.2 Å². The van der Waals surface area contributed by atoms with E-state index in [1.165, 1.54) is 27.8 Å². The molecular formula is C17H16O. The number of hydrogen-bond donors (Lipinski definition) is 1. The van der Waals surface area contributed by atoms with Crippen LogP contribution in [0.1, 0.15) is 23.6 Å². The summed E-state index contributed by atoms with van der Waals surface area (Å²) in [5.74, 6) is 0. The van der Waals surface area contributed by atoms with Gasteiger partial charge in [0.05, 0.1) is 6.61 Å². The summed E-state index contributed by atoms with van der Waals surface area (Å²) in [6.45, 7) is 2.14. The van der Waals surface area contributed by atoms with Crippen molar-refractivity contribution in [1.29, 1.82) is 0 Å². The van der Waals surface area contributed by atoms with Gasteiger partial charge in [0, 0.05) is 0 Å². The molecule has 0 radical (unpaired) electrons. The lowest BCUT2D eigenvalue weighted by molar-refractivity contribution is 0.343. The van der Waals surface area contributed by atoms with Crippen LogP contribution in [0, 0.1) is 0 Å². The first-order chi connectivity index (χ1) is 8.79. The van der Waals surface area contributed by atoms with Gasteiger partial charge in [0.2, 0.25) is 0 Å². The number of benzene rings is 2. The molecule has 0 spiro atoms. The fraction of sp³-hybridized carbons (Fsp3) is 0.176. The van der Waals surface area contributed by atoms with Crippen LogP contribution in [-0.4, -0.2) is 11.7 Å². The Morgan fingerprint density at radius 1 is 1.11 bits per heavy atom. The van der Waals surface area contributed by atoms with Gasteiger partial charge in [-0.1, -0.05) is 48.5 Å². The van der Waals surface area contributed by atoms with Crippen LogP contribution in [-0.2, 0) is 6.42 Å². The molecule has 0 aromatic heterocycles. The quantitative estimate of drug-likeness (QED) is 0.720. The third-order valence-corrected chi connectivity index (χ3v) is 3.65. The molecule has 0 unspecified atom stereocenters. The molecule has 1 aliphatic rings. The van der Waals surface area contributed by atoms with E-state index >= 15 is 0 Å². The summed E-state index contributed by atoms with van der Waals surface area (Å²) < 4.78 is 0. The molecule has 90 valence electrons. The minimum absolute atomic E-state index is 0.100. The lowest BCUT2D eigenvalue weighted by Gasteiger charge is -2.05. The molecule has 1 N–H and O–H groups in total. The molecule has 0 saturated carbocycles. The van der Waals surface area contributed by atoms with Gasteiger partial charge < -0.3 is 5.11 Å². The second kappa shape index (κ2) is 4.43. The molecule has 1 aliphatic carbocycles. The molecular weight excluding hydrogens is 220 g/mol. The summed E-state index contributed by atoms with van der Waals surface area (Å²) in [5.41, 5.74) is 7.86. The summed E-state index contributed by atoms with van der Waals surface area (Å²) in [5, 5.41) is 8.96. The van der Waals surface area contributed by atoms with E-state index < -0.39 is 0 Å². The summed E-state index contributed by atoms with van der Waals surface area (Å²) in [4.78, 5) is 0. The fourth-order valence-corrected chi connectivity index (χ4v) is 2.65. The highest BCUT2D eigenvalue weighted by molar-refractivity contribution is 5.79. The molecule has 0 atom stereocenters. The number of hydrogen-bond acceptors (Lipinski definition) is 1. The van der Waals surface area contributed by atoms with E-state index in [0.717, 1.165) is 12.0 Å². The molecule has 2 aromatic rings. The van der Waals surface area contributed by atoms with Crippen molar-refractivity contribution in [2.45, 2.75) is 13.3 Å². The maximum atomic E-state index is 8.96. The largest absolute Gasteiger partial charge is 0.392 e. The Morgan fingerprint density at radius 3 is 2.72 bits per heavy atom. The van der Waals surface area contributed by atoms with Crippen LogP contribution in [0.25, 0.3) is 16.7 Å². The van der Waals surface area contributed by atoms with Crippen molar-refractivity contribution < 1.29 is 5.11 Å². The molecule has 0 aliphatic heterocycles. The summed E-state index contributed by atoms with van der Waals surface area (Å²) in [6, 6.07) is 15.2. The first-order valence-electron chi connectivity index (χ1n) is 6.29. The Balaban J connectivity index is 2.06. The van der Waals surface area contributed by atoms with Crippen molar-refractivity contribution in [3.8, 4) is 11.1 Å². The minimum atomic E-state index is 0.100. The van der Waals surface area contributed by atoms with Crippen molar-refractivity contribution in [2.75, 3.05) is 6.61 Å². The zero-order chi connectivity index (χ0) is 12.5. The van der Waals surface area contributed by atoms with Gasteiger partial charge in [-0.25, -0.2) is 0 Å².